The number of aliphatic carboxylic acids is 1. The molecular formula is C26H36O4. The van der Waals surface area contributed by atoms with Gasteiger partial charge in [0, 0.05) is 23.8 Å². The lowest BCUT2D eigenvalue weighted by Gasteiger charge is -2.37. The van der Waals surface area contributed by atoms with Crippen molar-refractivity contribution in [1.82, 2.24) is 0 Å². The SMILES string of the molecule is C=C1Oc2cc(CCCCCCCCCCC(=O)O)cc(O)c2[C@@H]2C=C(C)CC[C@@H]12. The van der Waals surface area contributed by atoms with Gasteiger partial charge < -0.3 is 14.9 Å². The van der Waals surface area contributed by atoms with Crippen molar-refractivity contribution in [3.8, 4) is 11.5 Å². The van der Waals surface area contributed by atoms with Gasteiger partial charge in [0.2, 0.25) is 0 Å². The summed E-state index contributed by atoms with van der Waals surface area (Å²) in [5.74, 6) is 1.72. The molecule has 0 bridgehead atoms. The first-order chi connectivity index (χ1) is 14.5. The standard InChI is InChI=1S/C26H36O4/c1-18-13-14-21-19(2)30-24-17-20(16-23(27)26(24)22(21)15-18)11-9-7-5-3-4-6-8-10-12-25(28)29/h15-17,21-22,27H,2-14H2,1H3,(H,28,29)/t21-,22+/m0/s1. The number of fused-ring (bicyclic) bond motifs is 3. The third-order valence-corrected chi connectivity index (χ3v) is 6.52. The normalized spacial score (nSPS) is 20.2. The Balaban J connectivity index is 1.45. The number of unbranched alkanes of at least 4 members (excludes halogenated alkanes) is 7. The minimum atomic E-state index is -0.692. The largest absolute Gasteiger partial charge is 0.507 e. The van der Waals surface area contributed by atoms with Gasteiger partial charge in [0.15, 0.2) is 0 Å². The molecule has 0 unspecified atom stereocenters. The van der Waals surface area contributed by atoms with Crippen LogP contribution in [0.5, 0.6) is 11.5 Å². The Bertz CT molecular complexity index is 792. The van der Waals surface area contributed by atoms with E-state index in [0.29, 0.717) is 12.2 Å². The molecule has 0 radical (unpaired) electrons. The van der Waals surface area contributed by atoms with Crippen molar-refractivity contribution in [1.29, 1.82) is 0 Å². The van der Waals surface area contributed by atoms with Crippen LogP contribution in [0.15, 0.2) is 36.1 Å². The van der Waals surface area contributed by atoms with E-state index in [1.54, 1.807) is 0 Å². The van der Waals surface area contributed by atoms with E-state index in [1.807, 2.05) is 6.07 Å². The predicted octanol–water partition coefficient (Wildman–Crippen LogP) is 6.88. The maximum Gasteiger partial charge on any atom is 0.303 e. The summed E-state index contributed by atoms with van der Waals surface area (Å²) in [6, 6.07) is 4.02. The van der Waals surface area contributed by atoms with Crippen molar-refractivity contribution in [2.45, 2.75) is 89.9 Å². The number of phenolic OH excluding ortho intramolecular Hbond substituents is 1. The molecule has 3 rings (SSSR count). The molecule has 0 spiro atoms. The molecule has 1 heterocycles. The first-order valence-corrected chi connectivity index (χ1v) is 11.6. The first-order valence-electron chi connectivity index (χ1n) is 11.6. The molecule has 4 heteroatoms. The molecule has 30 heavy (non-hydrogen) atoms. The molecule has 0 aromatic heterocycles. The third-order valence-electron chi connectivity index (χ3n) is 6.52. The number of aromatic hydroxyl groups is 1. The lowest BCUT2D eigenvalue weighted by atomic mass is 9.74. The highest BCUT2D eigenvalue weighted by Gasteiger charge is 2.36. The maximum absolute atomic E-state index is 10.8. The highest BCUT2D eigenvalue weighted by molar-refractivity contribution is 5.66. The van der Waals surface area contributed by atoms with Crippen molar-refractivity contribution in [2.24, 2.45) is 5.92 Å². The monoisotopic (exact) mass is 412 g/mol. The molecule has 1 aliphatic carbocycles. The Kier molecular flexibility index (Phi) is 8.01. The van der Waals surface area contributed by atoms with E-state index in [9.17, 15) is 9.90 Å². The first kappa shape index (κ1) is 22.5. The van der Waals surface area contributed by atoms with Crippen LogP contribution in [0.4, 0.5) is 0 Å². The Morgan fingerprint density at radius 3 is 2.47 bits per heavy atom. The lowest BCUT2D eigenvalue weighted by molar-refractivity contribution is -0.137. The molecule has 2 aliphatic rings. The van der Waals surface area contributed by atoms with Crippen LogP contribution in [0.2, 0.25) is 0 Å². The van der Waals surface area contributed by atoms with Gasteiger partial charge >= 0.3 is 5.97 Å². The minimum Gasteiger partial charge on any atom is -0.507 e. The number of rotatable bonds is 11. The van der Waals surface area contributed by atoms with E-state index in [2.05, 4.69) is 25.6 Å². The Labute approximate surface area is 180 Å². The van der Waals surface area contributed by atoms with Crippen molar-refractivity contribution in [3.05, 3.63) is 47.2 Å². The number of ether oxygens (including phenoxy) is 1. The van der Waals surface area contributed by atoms with Crippen LogP contribution in [-0.4, -0.2) is 16.2 Å². The van der Waals surface area contributed by atoms with E-state index < -0.39 is 5.97 Å². The Hall–Kier alpha value is -2.23. The summed E-state index contributed by atoms with van der Waals surface area (Å²) < 4.78 is 6.04. The molecule has 2 atom stereocenters. The summed E-state index contributed by atoms with van der Waals surface area (Å²) in [4.78, 5) is 10.5. The number of hydrogen-bond acceptors (Lipinski definition) is 3. The van der Waals surface area contributed by atoms with Gasteiger partial charge in [-0.2, -0.15) is 0 Å². The smallest absolute Gasteiger partial charge is 0.303 e. The summed E-state index contributed by atoms with van der Waals surface area (Å²) in [7, 11) is 0. The summed E-state index contributed by atoms with van der Waals surface area (Å²) in [5.41, 5.74) is 3.43. The van der Waals surface area contributed by atoms with Crippen molar-refractivity contribution in [2.75, 3.05) is 0 Å². The lowest BCUT2D eigenvalue weighted by Crippen LogP contribution is -2.25. The van der Waals surface area contributed by atoms with Crippen LogP contribution < -0.4 is 4.74 Å². The minimum absolute atomic E-state index is 0.180. The van der Waals surface area contributed by atoms with E-state index in [-0.39, 0.29) is 11.8 Å². The maximum atomic E-state index is 10.8. The van der Waals surface area contributed by atoms with Gasteiger partial charge in [-0.05, 0) is 56.7 Å². The molecular weight excluding hydrogens is 376 g/mol. The quantitative estimate of drug-likeness (QED) is 0.307. The summed E-state index contributed by atoms with van der Waals surface area (Å²) in [6.45, 7) is 6.31. The van der Waals surface area contributed by atoms with Crippen molar-refractivity contribution < 1.29 is 19.7 Å². The van der Waals surface area contributed by atoms with E-state index in [1.165, 1.54) is 31.3 Å². The van der Waals surface area contributed by atoms with Crippen molar-refractivity contribution in [3.63, 3.8) is 0 Å². The number of aryl methyl sites for hydroxylation is 1. The van der Waals surface area contributed by atoms with Crippen LogP contribution in [0.25, 0.3) is 0 Å². The van der Waals surface area contributed by atoms with Gasteiger partial charge in [0.25, 0.3) is 0 Å². The number of benzene rings is 1. The number of hydrogen-bond donors (Lipinski definition) is 2. The second-order valence-electron chi connectivity index (χ2n) is 9.00. The van der Waals surface area contributed by atoms with E-state index in [0.717, 1.165) is 67.6 Å². The number of carbonyl (C=O) groups is 1. The fraction of sp³-hybridized carbons (Fsp3) is 0.577. The fourth-order valence-corrected chi connectivity index (χ4v) is 4.83. The molecule has 1 aliphatic heterocycles. The molecule has 1 aromatic carbocycles. The molecule has 4 nitrogen and oxygen atoms in total. The summed E-state index contributed by atoms with van der Waals surface area (Å²) >= 11 is 0. The van der Waals surface area contributed by atoms with Crippen LogP contribution in [-0.2, 0) is 11.2 Å². The highest BCUT2D eigenvalue weighted by Crippen LogP contribution is 2.51. The van der Waals surface area contributed by atoms with Gasteiger partial charge in [0.1, 0.15) is 17.3 Å². The number of phenols is 1. The molecule has 2 N–H and O–H groups in total. The van der Waals surface area contributed by atoms with Crippen LogP contribution >= 0.6 is 0 Å². The van der Waals surface area contributed by atoms with E-state index >= 15 is 0 Å². The highest BCUT2D eigenvalue weighted by atomic mass is 16.5. The van der Waals surface area contributed by atoms with Crippen LogP contribution in [0.3, 0.4) is 0 Å². The molecule has 0 saturated heterocycles. The molecule has 0 amide bonds. The number of carboxylic acid groups (broad SMARTS) is 1. The Morgan fingerprint density at radius 1 is 1.10 bits per heavy atom. The van der Waals surface area contributed by atoms with Gasteiger partial charge in [-0.3, -0.25) is 4.79 Å². The second kappa shape index (κ2) is 10.7. The molecule has 0 fully saturated rings. The van der Waals surface area contributed by atoms with Crippen LogP contribution in [0.1, 0.15) is 94.6 Å². The molecule has 164 valence electrons. The van der Waals surface area contributed by atoms with Crippen LogP contribution in [0, 0.1) is 5.92 Å². The average molecular weight is 413 g/mol. The number of allylic oxidation sites excluding steroid dienone is 3. The zero-order valence-electron chi connectivity index (χ0n) is 18.3. The zero-order valence-corrected chi connectivity index (χ0v) is 18.3. The Morgan fingerprint density at radius 2 is 1.77 bits per heavy atom. The zero-order chi connectivity index (χ0) is 21.5. The summed E-state index contributed by atoms with van der Waals surface area (Å²) in [6.07, 6.45) is 14.4. The van der Waals surface area contributed by atoms with Gasteiger partial charge in [-0.1, -0.05) is 56.8 Å². The van der Waals surface area contributed by atoms with Gasteiger partial charge in [-0.25, -0.2) is 0 Å². The third kappa shape index (κ3) is 5.90. The summed E-state index contributed by atoms with van der Waals surface area (Å²) in [5, 5.41) is 19.4. The fourth-order valence-electron chi connectivity index (χ4n) is 4.83. The van der Waals surface area contributed by atoms with Gasteiger partial charge in [-0.15, -0.1) is 0 Å². The van der Waals surface area contributed by atoms with Crippen molar-refractivity contribution >= 4 is 5.97 Å². The second-order valence-corrected chi connectivity index (χ2v) is 9.00. The van der Waals surface area contributed by atoms with Gasteiger partial charge in [0.05, 0.1) is 0 Å². The topological polar surface area (TPSA) is 66.8 Å². The average Bonchev–Trinajstić information content (AvgIpc) is 2.68. The molecule has 1 aromatic rings. The van der Waals surface area contributed by atoms with E-state index in [4.69, 9.17) is 9.84 Å². The predicted molar refractivity (Wildman–Crippen MR) is 120 cm³/mol. The number of carboxylic acids is 1. The molecule has 0 saturated carbocycles.